The molecule has 32 heavy (non-hydrogen) atoms. The Morgan fingerprint density at radius 3 is 2.47 bits per heavy atom. The van der Waals surface area contributed by atoms with Gasteiger partial charge in [-0.15, -0.1) is 0 Å². The maximum atomic E-state index is 14.0. The lowest BCUT2D eigenvalue weighted by molar-refractivity contribution is -0.384. The van der Waals surface area contributed by atoms with Crippen LogP contribution in [0.5, 0.6) is 0 Å². The molecule has 3 aromatic rings. The van der Waals surface area contributed by atoms with E-state index in [2.05, 4.69) is 10.6 Å². The Morgan fingerprint density at radius 2 is 1.75 bits per heavy atom. The second-order valence-electron chi connectivity index (χ2n) is 6.42. The summed E-state index contributed by atoms with van der Waals surface area (Å²) in [5.74, 6) is -2.46. The van der Waals surface area contributed by atoms with Gasteiger partial charge < -0.3 is 10.6 Å². The first-order valence-electron chi connectivity index (χ1n) is 9.03. The van der Waals surface area contributed by atoms with Crippen molar-refractivity contribution < 1.29 is 18.9 Å². The van der Waals surface area contributed by atoms with Gasteiger partial charge in [0, 0.05) is 17.2 Å². The van der Waals surface area contributed by atoms with E-state index in [4.69, 9.17) is 23.2 Å². The van der Waals surface area contributed by atoms with Gasteiger partial charge in [-0.3, -0.25) is 19.7 Å². The number of halogens is 3. The normalized spacial score (nSPS) is 11.0. The highest BCUT2D eigenvalue weighted by Crippen LogP contribution is 2.26. The minimum absolute atomic E-state index is 0.175. The molecule has 2 N–H and O–H groups in total. The standard InChI is InChI=1S/C22H14Cl2FN3O4/c23-14-8-9-17(24)19(12-14)26-22(30)20(11-13-4-3-5-15(10-13)28(31)32)27-21(29)16-6-1-2-7-18(16)25/h1-12H,(H,26,30)(H,27,29). The average Bonchev–Trinajstić information content (AvgIpc) is 2.76. The third-order valence-corrected chi connectivity index (χ3v) is 4.74. The van der Waals surface area contributed by atoms with Crippen molar-refractivity contribution >= 4 is 52.5 Å². The Balaban J connectivity index is 1.98. The number of hydrogen-bond acceptors (Lipinski definition) is 4. The second-order valence-corrected chi connectivity index (χ2v) is 7.27. The van der Waals surface area contributed by atoms with E-state index in [0.717, 1.165) is 6.07 Å². The number of non-ortho nitro benzene ring substituents is 1. The highest BCUT2D eigenvalue weighted by molar-refractivity contribution is 6.36. The minimum Gasteiger partial charge on any atom is -0.319 e. The first-order chi connectivity index (χ1) is 15.2. The van der Waals surface area contributed by atoms with Crippen LogP contribution in [0.3, 0.4) is 0 Å². The van der Waals surface area contributed by atoms with Crippen molar-refractivity contribution in [3.63, 3.8) is 0 Å². The van der Waals surface area contributed by atoms with Crippen molar-refractivity contribution in [2.45, 2.75) is 0 Å². The van der Waals surface area contributed by atoms with Gasteiger partial charge in [-0.1, -0.05) is 47.5 Å². The quantitative estimate of drug-likeness (QED) is 0.282. The van der Waals surface area contributed by atoms with Gasteiger partial charge in [0.1, 0.15) is 11.5 Å². The van der Waals surface area contributed by atoms with Crippen molar-refractivity contribution in [1.82, 2.24) is 5.32 Å². The molecular formula is C22H14Cl2FN3O4. The molecule has 0 aliphatic carbocycles. The van der Waals surface area contributed by atoms with E-state index in [1.807, 2.05) is 0 Å². The molecule has 0 bridgehead atoms. The fourth-order valence-corrected chi connectivity index (χ4v) is 3.01. The lowest BCUT2D eigenvalue weighted by Crippen LogP contribution is -2.31. The Morgan fingerprint density at radius 1 is 1.00 bits per heavy atom. The summed E-state index contributed by atoms with van der Waals surface area (Å²) < 4.78 is 14.0. The average molecular weight is 474 g/mol. The molecule has 0 fully saturated rings. The predicted molar refractivity (Wildman–Crippen MR) is 120 cm³/mol. The Hall–Kier alpha value is -3.75. The molecule has 0 aromatic heterocycles. The van der Waals surface area contributed by atoms with Gasteiger partial charge in [0.2, 0.25) is 0 Å². The van der Waals surface area contributed by atoms with Crippen LogP contribution in [0.15, 0.2) is 72.4 Å². The molecule has 0 unspecified atom stereocenters. The van der Waals surface area contributed by atoms with Gasteiger partial charge in [0.05, 0.1) is 21.2 Å². The largest absolute Gasteiger partial charge is 0.319 e. The van der Waals surface area contributed by atoms with E-state index in [0.29, 0.717) is 5.02 Å². The molecule has 162 valence electrons. The zero-order valence-corrected chi connectivity index (χ0v) is 17.7. The number of nitro groups is 1. The van der Waals surface area contributed by atoms with Crippen LogP contribution in [0.4, 0.5) is 15.8 Å². The highest BCUT2D eigenvalue weighted by atomic mass is 35.5. The first kappa shape index (κ1) is 22.9. The van der Waals surface area contributed by atoms with Crippen molar-refractivity contribution in [2.75, 3.05) is 5.32 Å². The van der Waals surface area contributed by atoms with Crippen LogP contribution in [0, 0.1) is 15.9 Å². The molecule has 0 spiro atoms. The summed E-state index contributed by atoms with van der Waals surface area (Å²) in [6.45, 7) is 0. The maximum absolute atomic E-state index is 14.0. The van der Waals surface area contributed by atoms with Crippen LogP contribution in [-0.4, -0.2) is 16.7 Å². The molecule has 0 atom stereocenters. The number of anilines is 1. The van der Waals surface area contributed by atoms with Gasteiger partial charge in [0.15, 0.2) is 0 Å². The van der Waals surface area contributed by atoms with E-state index >= 15 is 0 Å². The van der Waals surface area contributed by atoms with E-state index in [-0.39, 0.29) is 33.2 Å². The number of nitro benzene ring substituents is 1. The van der Waals surface area contributed by atoms with Crippen molar-refractivity contribution in [3.05, 3.63) is 110 Å². The van der Waals surface area contributed by atoms with Gasteiger partial charge in [-0.2, -0.15) is 0 Å². The summed E-state index contributed by atoms with van der Waals surface area (Å²) >= 11 is 12.0. The third-order valence-electron chi connectivity index (χ3n) is 4.18. The number of benzene rings is 3. The van der Waals surface area contributed by atoms with E-state index in [1.54, 1.807) is 0 Å². The Kier molecular flexibility index (Phi) is 7.19. The van der Waals surface area contributed by atoms with Crippen molar-refractivity contribution in [2.24, 2.45) is 0 Å². The van der Waals surface area contributed by atoms with E-state index in [9.17, 15) is 24.1 Å². The molecule has 0 aliphatic rings. The lowest BCUT2D eigenvalue weighted by atomic mass is 10.1. The molecule has 0 radical (unpaired) electrons. The molecular weight excluding hydrogens is 460 g/mol. The van der Waals surface area contributed by atoms with Gasteiger partial charge in [-0.25, -0.2) is 4.39 Å². The Bertz CT molecular complexity index is 1250. The summed E-state index contributed by atoms with van der Waals surface area (Å²) in [7, 11) is 0. The monoisotopic (exact) mass is 473 g/mol. The number of carbonyl (C=O) groups is 2. The Labute approximate surface area is 191 Å². The summed E-state index contributed by atoms with van der Waals surface area (Å²) in [6, 6.07) is 15.1. The van der Waals surface area contributed by atoms with Crippen LogP contribution in [0.25, 0.3) is 6.08 Å². The van der Waals surface area contributed by atoms with Gasteiger partial charge in [0.25, 0.3) is 17.5 Å². The second kappa shape index (κ2) is 10.0. The number of hydrogen-bond donors (Lipinski definition) is 2. The molecule has 0 saturated carbocycles. The molecule has 10 heteroatoms. The zero-order valence-electron chi connectivity index (χ0n) is 16.1. The smallest absolute Gasteiger partial charge is 0.272 e. The summed E-state index contributed by atoms with van der Waals surface area (Å²) in [6.07, 6.45) is 1.22. The summed E-state index contributed by atoms with van der Waals surface area (Å²) in [5, 5.41) is 16.4. The summed E-state index contributed by atoms with van der Waals surface area (Å²) in [5.41, 5.74) is -0.359. The van der Waals surface area contributed by atoms with Crippen LogP contribution < -0.4 is 10.6 Å². The highest BCUT2D eigenvalue weighted by Gasteiger charge is 2.18. The summed E-state index contributed by atoms with van der Waals surface area (Å²) in [4.78, 5) is 36.0. The molecule has 3 aromatic carbocycles. The fraction of sp³-hybridized carbons (Fsp3) is 0. The van der Waals surface area contributed by atoms with Crippen LogP contribution in [0.1, 0.15) is 15.9 Å². The fourth-order valence-electron chi connectivity index (χ4n) is 2.67. The minimum atomic E-state index is -0.882. The lowest BCUT2D eigenvalue weighted by Gasteiger charge is -2.13. The number of rotatable bonds is 6. The maximum Gasteiger partial charge on any atom is 0.272 e. The molecule has 2 amide bonds. The topological polar surface area (TPSA) is 101 Å². The molecule has 7 nitrogen and oxygen atoms in total. The number of carbonyl (C=O) groups excluding carboxylic acids is 2. The zero-order chi connectivity index (χ0) is 23.3. The third kappa shape index (κ3) is 5.69. The van der Waals surface area contributed by atoms with E-state index in [1.165, 1.54) is 66.7 Å². The number of amides is 2. The molecule has 3 rings (SSSR count). The van der Waals surface area contributed by atoms with Gasteiger partial charge in [-0.05, 0) is 42.0 Å². The van der Waals surface area contributed by atoms with Crippen LogP contribution >= 0.6 is 23.2 Å². The number of nitrogens with one attached hydrogen (secondary N) is 2. The van der Waals surface area contributed by atoms with E-state index < -0.39 is 22.6 Å². The first-order valence-corrected chi connectivity index (χ1v) is 9.78. The molecule has 0 heterocycles. The van der Waals surface area contributed by atoms with Crippen LogP contribution in [0.2, 0.25) is 10.0 Å². The van der Waals surface area contributed by atoms with Gasteiger partial charge >= 0.3 is 0 Å². The molecule has 0 aliphatic heterocycles. The predicted octanol–water partition coefficient (Wildman–Crippen LogP) is 5.45. The van der Waals surface area contributed by atoms with Crippen molar-refractivity contribution in [3.8, 4) is 0 Å². The number of nitrogens with zero attached hydrogens (tertiary/aromatic N) is 1. The molecule has 0 saturated heterocycles. The van der Waals surface area contributed by atoms with Crippen molar-refractivity contribution in [1.29, 1.82) is 0 Å². The SMILES string of the molecule is O=C(Nc1cc(Cl)ccc1Cl)C(=Cc1cccc([N+](=O)[O-])c1)NC(=O)c1ccccc1F. The van der Waals surface area contributed by atoms with Crippen LogP contribution in [-0.2, 0) is 4.79 Å².